The zero-order valence-corrected chi connectivity index (χ0v) is 18.0. The second-order valence-corrected chi connectivity index (χ2v) is 8.04. The standard InChI is InChI=1S/C23H22BrFN2O3/c24-20-6-1-2-7-21(20)29-16-19-8-9-22(30-19)23(28)27-12-10-26(11-13-27)15-17-4-3-5-18(25)14-17/h1-9,14H,10-13,15-16H2. The number of amides is 1. The molecule has 5 nitrogen and oxygen atoms in total. The summed E-state index contributed by atoms with van der Waals surface area (Å²) in [6, 6.07) is 17.7. The van der Waals surface area contributed by atoms with Crippen LogP contribution in [0.25, 0.3) is 0 Å². The molecule has 1 aliphatic rings. The lowest BCUT2D eigenvalue weighted by molar-refractivity contribution is 0.0594. The van der Waals surface area contributed by atoms with Gasteiger partial charge in [0.05, 0.1) is 4.47 Å². The molecule has 156 valence electrons. The molecule has 2 aromatic carbocycles. The summed E-state index contributed by atoms with van der Waals surface area (Å²) in [4.78, 5) is 16.8. The number of rotatable bonds is 6. The molecule has 0 unspecified atom stereocenters. The quantitative estimate of drug-likeness (QED) is 0.520. The first-order valence-corrected chi connectivity index (χ1v) is 10.6. The highest BCUT2D eigenvalue weighted by atomic mass is 79.9. The van der Waals surface area contributed by atoms with E-state index in [4.69, 9.17) is 9.15 Å². The molecular weight excluding hydrogens is 451 g/mol. The molecule has 4 rings (SSSR count). The Morgan fingerprint density at radius 3 is 2.60 bits per heavy atom. The minimum Gasteiger partial charge on any atom is -0.484 e. The molecule has 30 heavy (non-hydrogen) atoms. The molecule has 0 bridgehead atoms. The first-order chi connectivity index (χ1) is 14.6. The molecule has 7 heteroatoms. The number of ether oxygens (including phenoxy) is 1. The third kappa shape index (κ3) is 5.09. The second kappa shape index (κ2) is 9.45. The second-order valence-electron chi connectivity index (χ2n) is 7.18. The lowest BCUT2D eigenvalue weighted by Crippen LogP contribution is -2.48. The SMILES string of the molecule is O=C(c1ccc(COc2ccccc2Br)o1)N1CCN(Cc2cccc(F)c2)CC1. The highest BCUT2D eigenvalue weighted by molar-refractivity contribution is 9.10. The summed E-state index contributed by atoms with van der Waals surface area (Å²) >= 11 is 3.44. The van der Waals surface area contributed by atoms with E-state index in [-0.39, 0.29) is 18.3 Å². The molecule has 2 heterocycles. The number of hydrogen-bond donors (Lipinski definition) is 0. The van der Waals surface area contributed by atoms with Gasteiger partial charge in [-0.1, -0.05) is 24.3 Å². The number of hydrogen-bond acceptors (Lipinski definition) is 4. The zero-order valence-electron chi connectivity index (χ0n) is 16.4. The van der Waals surface area contributed by atoms with Gasteiger partial charge in [0.1, 0.15) is 23.9 Å². The van der Waals surface area contributed by atoms with Crippen molar-refractivity contribution in [3.8, 4) is 5.75 Å². The molecule has 0 aliphatic carbocycles. The van der Waals surface area contributed by atoms with Gasteiger partial charge in [-0.3, -0.25) is 9.69 Å². The highest BCUT2D eigenvalue weighted by Gasteiger charge is 2.24. The van der Waals surface area contributed by atoms with E-state index < -0.39 is 0 Å². The van der Waals surface area contributed by atoms with E-state index >= 15 is 0 Å². The van der Waals surface area contributed by atoms with Crippen LogP contribution in [0.3, 0.4) is 0 Å². The number of para-hydroxylation sites is 1. The number of benzene rings is 2. The molecule has 3 aromatic rings. The van der Waals surface area contributed by atoms with Gasteiger partial charge in [-0.2, -0.15) is 0 Å². The van der Waals surface area contributed by atoms with Gasteiger partial charge in [-0.05, 0) is 57.9 Å². The molecule has 0 radical (unpaired) electrons. The van der Waals surface area contributed by atoms with Crippen molar-refractivity contribution in [1.29, 1.82) is 0 Å². The number of nitrogens with zero attached hydrogens (tertiary/aromatic N) is 2. The maximum absolute atomic E-state index is 13.4. The predicted molar refractivity (Wildman–Crippen MR) is 115 cm³/mol. The van der Waals surface area contributed by atoms with Crippen molar-refractivity contribution in [2.75, 3.05) is 26.2 Å². The Hall–Kier alpha value is -2.64. The molecule has 1 aromatic heterocycles. The van der Waals surface area contributed by atoms with E-state index in [9.17, 15) is 9.18 Å². The minimum atomic E-state index is -0.224. The van der Waals surface area contributed by atoms with Crippen LogP contribution in [0, 0.1) is 5.82 Å². The minimum absolute atomic E-state index is 0.118. The van der Waals surface area contributed by atoms with Crippen LogP contribution in [-0.2, 0) is 13.2 Å². The van der Waals surface area contributed by atoms with Crippen LogP contribution in [0.15, 0.2) is 69.6 Å². The maximum atomic E-state index is 13.4. The number of piperazine rings is 1. The Morgan fingerprint density at radius 2 is 1.83 bits per heavy atom. The van der Waals surface area contributed by atoms with Crippen molar-refractivity contribution in [1.82, 2.24) is 9.80 Å². The molecular formula is C23H22BrFN2O3. The van der Waals surface area contributed by atoms with Crippen LogP contribution < -0.4 is 4.74 Å². The lowest BCUT2D eigenvalue weighted by Gasteiger charge is -2.34. The Labute approximate surface area is 183 Å². The molecule has 0 atom stereocenters. The Morgan fingerprint density at radius 1 is 1.03 bits per heavy atom. The Kier molecular flexibility index (Phi) is 6.50. The van der Waals surface area contributed by atoms with Gasteiger partial charge in [0.25, 0.3) is 5.91 Å². The number of halogens is 2. The normalized spacial score (nSPS) is 14.7. The van der Waals surface area contributed by atoms with Gasteiger partial charge < -0.3 is 14.1 Å². The van der Waals surface area contributed by atoms with E-state index in [1.165, 1.54) is 6.07 Å². The van der Waals surface area contributed by atoms with E-state index in [2.05, 4.69) is 20.8 Å². The highest BCUT2D eigenvalue weighted by Crippen LogP contribution is 2.25. The Bertz CT molecular complexity index is 1010. The summed E-state index contributed by atoms with van der Waals surface area (Å²) in [5, 5.41) is 0. The zero-order chi connectivity index (χ0) is 20.9. The van der Waals surface area contributed by atoms with Crippen molar-refractivity contribution in [3.63, 3.8) is 0 Å². The molecule has 1 amide bonds. The van der Waals surface area contributed by atoms with Crippen LogP contribution in [0.1, 0.15) is 21.9 Å². The molecule has 0 spiro atoms. The van der Waals surface area contributed by atoms with E-state index in [0.717, 1.165) is 28.9 Å². The topological polar surface area (TPSA) is 45.9 Å². The summed E-state index contributed by atoms with van der Waals surface area (Å²) in [6.07, 6.45) is 0. The van der Waals surface area contributed by atoms with Crippen molar-refractivity contribution in [3.05, 3.63) is 88.0 Å². The third-order valence-corrected chi connectivity index (χ3v) is 5.69. The summed E-state index contributed by atoms with van der Waals surface area (Å²) in [6.45, 7) is 3.62. The summed E-state index contributed by atoms with van der Waals surface area (Å²) in [5.74, 6) is 1.29. The van der Waals surface area contributed by atoms with Gasteiger partial charge >= 0.3 is 0 Å². The Balaban J connectivity index is 1.29. The fraction of sp³-hybridized carbons (Fsp3) is 0.261. The van der Waals surface area contributed by atoms with Crippen LogP contribution >= 0.6 is 15.9 Å². The van der Waals surface area contributed by atoms with E-state index in [1.807, 2.05) is 30.3 Å². The number of furan rings is 1. The summed E-state index contributed by atoms with van der Waals surface area (Å²) in [7, 11) is 0. The number of carbonyl (C=O) groups excluding carboxylic acids is 1. The van der Waals surface area contributed by atoms with Crippen molar-refractivity contribution in [2.24, 2.45) is 0 Å². The van der Waals surface area contributed by atoms with Gasteiger partial charge in [0, 0.05) is 32.7 Å². The third-order valence-electron chi connectivity index (χ3n) is 5.03. The maximum Gasteiger partial charge on any atom is 0.289 e. The van der Waals surface area contributed by atoms with Crippen LogP contribution in [0.2, 0.25) is 0 Å². The summed E-state index contributed by atoms with van der Waals surface area (Å²) in [5.41, 5.74) is 0.940. The van der Waals surface area contributed by atoms with Crippen LogP contribution in [0.4, 0.5) is 4.39 Å². The van der Waals surface area contributed by atoms with Gasteiger partial charge in [0.2, 0.25) is 0 Å². The van der Waals surface area contributed by atoms with E-state index in [1.54, 1.807) is 29.2 Å². The summed E-state index contributed by atoms with van der Waals surface area (Å²) < 4.78 is 25.7. The van der Waals surface area contributed by atoms with Gasteiger partial charge in [0.15, 0.2) is 5.76 Å². The van der Waals surface area contributed by atoms with Gasteiger partial charge in [-0.25, -0.2) is 4.39 Å². The van der Waals surface area contributed by atoms with Crippen molar-refractivity contribution in [2.45, 2.75) is 13.2 Å². The van der Waals surface area contributed by atoms with Crippen molar-refractivity contribution >= 4 is 21.8 Å². The smallest absolute Gasteiger partial charge is 0.289 e. The molecule has 1 fully saturated rings. The average Bonchev–Trinajstić information content (AvgIpc) is 3.22. The average molecular weight is 473 g/mol. The fourth-order valence-electron chi connectivity index (χ4n) is 3.44. The molecule has 0 saturated carbocycles. The first kappa shape index (κ1) is 20.6. The van der Waals surface area contributed by atoms with Crippen molar-refractivity contribution < 1.29 is 18.3 Å². The lowest BCUT2D eigenvalue weighted by atomic mass is 10.2. The predicted octanol–water partition coefficient (Wildman–Crippen LogP) is 4.72. The molecule has 1 aliphatic heterocycles. The first-order valence-electron chi connectivity index (χ1n) is 9.80. The fourth-order valence-corrected chi connectivity index (χ4v) is 3.84. The largest absolute Gasteiger partial charge is 0.484 e. The van der Waals surface area contributed by atoms with E-state index in [0.29, 0.717) is 31.2 Å². The van der Waals surface area contributed by atoms with Crippen LogP contribution in [-0.4, -0.2) is 41.9 Å². The molecule has 1 saturated heterocycles. The molecule has 0 N–H and O–H groups in total. The van der Waals surface area contributed by atoms with Gasteiger partial charge in [-0.15, -0.1) is 0 Å². The monoisotopic (exact) mass is 472 g/mol. The van der Waals surface area contributed by atoms with Crippen LogP contribution in [0.5, 0.6) is 5.75 Å². The number of carbonyl (C=O) groups is 1.